The Hall–Kier alpha value is -1.07. The molecular formula is C15H24N2O2S. The van der Waals surface area contributed by atoms with Gasteiger partial charge in [-0.1, -0.05) is 6.92 Å². The fourth-order valence-electron chi connectivity index (χ4n) is 2.59. The van der Waals surface area contributed by atoms with Gasteiger partial charge in [0.05, 0.1) is 4.90 Å². The highest BCUT2D eigenvalue weighted by molar-refractivity contribution is 7.90. The molecule has 1 aromatic rings. The first-order valence-electron chi connectivity index (χ1n) is 7.25. The van der Waals surface area contributed by atoms with Crippen LogP contribution in [0.25, 0.3) is 0 Å². The van der Waals surface area contributed by atoms with Crippen molar-refractivity contribution < 1.29 is 8.42 Å². The molecule has 0 aliphatic carbocycles. The highest BCUT2D eigenvalue weighted by Crippen LogP contribution is 2.19. The molecular weight excluding hydrogens is 272 g/mol. The Balaban J connectivity index is 1.83. The van der Waals surface area contributed by atoms with Crippen molar-refractivity contribution in [3.63, 3.8) is 0 Å². The van der Waals surface area contributed by atoms with E-state index in [1.165, 1.54) is 32.2 Å². The van der Waals surface area contributed by atoms with Gasteiger partial charge in [-0.25, -0.2) is 8.42 Å². The standard InChI is InChI=1S/C15H24N2O2S/c1-3-17-10-8-13(9-11-17)12-16-14-4-6-15(7-5-14)20(2,18)19/h4-7,13,16H,3,8-12H2,1-2H3. The van der Waals surface area contributed by atoms with Crippen molar-refractivity contribution in [2.75, 3.05) is 37.8 Å². The van der Waals surface area contributed by atoms with Gasteiger partial charge in [0.2, 0.25) is 0 Å². The second-order valence-corrected chi connectivity index (χ2v) is 7.57. The van der Waals surface area contributed by atoms with Crippen molar-refractivity contribution in [1.82, 2.24) is 4.90 Å². The van der Waals surface area contributed by atoms with Crippen molar-refractivity contribution in [3.05, 3.63) is 24.3 Å². The van der Waals surface area contributed by atoms with Gasteiger partial charge < -0.3 is 10.2 Å². The number of benzene rings is 1. The van der Waals surface area contributed by atoms with Crippen LogP contribution < -0.4 is 5.32 Å². The van der Waals surface area contributed by atoms with Gasteiger partial charge in [0.25, 0.3) is 0 Å². The molecule has 1 N–H and O–H groups in total. The number of nitrogens with zero attached hydrogens (tertiary/aromatic N) is 1. The van der Waals surface area contributed by atoms with Crippen LogP contribution in [0.2, 0.25) is 0 Å². The molecule has 0 unspecified atom stereocenters. The van der Waals surface area contributed by atoms with E-state index in [0.717, 1.165) is 18.8 Å². The summed E-state index contributed by atoms with van der Waals surface area (Å²) in [7, 11) is -3.10. The van der Waals surface area contributed by atoms with Crippen LogP contribution in [0.1, 0.15) is 19.8 Å². The molecule has 1 aromatic carbocycles. The highest BCUT2D eigenvalue weighted by atomic mass is 32.2. The Labute approximate surface area is 122 Å². The molecule has 5 heteroatoms. The first kappa shape index (κ1) is 15.3. The predicted molar refractivity (Wildman–Crippen MR) is 82.9 cm³/mol. The molecule has 1 aliphatic heterocycles. The molecule has 0 atom stereocenters. The second kappa shape index (κ2) is 6.59. The fraction of sp³-hybridized carbons (Fsp3) is 0.600. The summed E-state index contributed by atoms with van der Waals surface area (Å²) in [6, 6.07) is 7.02. The molecule has 0 radical (unpaired) electrons. The van der Waals surface area contributed by atoms with Crippen LogP contribution in [-0.4, -0.2) is 45.8 Å². The molecule has 2 rings (SSSR count). The number of rotatable bonds is 5. The van der Waals surface area contributed by atoms with E-state index >= 15 is 0 Å². The third kappa shape index (κ3) is 4.21. The largest absolute Gasteiger partial charge is 0.385 e. The van der Waals surface area contributed by atoms with Crippen molar-refractivity contribution in [3.8, 4) is 0 Å². The van der Waals surface area contributed by atoms with Crippen LogP contribution in [0.3, 0.4) is 0 Å². The van der Waals surface area contributed by atoms with E-state index in [1.807, 2.05) is 12.1 Å². The van der Waals surface area contributed by atoms with Gasteiger partial charge in [0.1, 0.15) is 0 Å². The number of hydrogen-bond donors (Lipinski definition) is 1. The number of likely N-dealkylation sites (tertiary alicyclic amines) is 1. The number of piperidine rings is 1. The minimum Gasteiger partial charge on any atom is -0.385 e. The molecule has 0 aromatic heterocycles. The van der Waals surface area contributed by atoms with Crippen molar-refractivity contribution in [2.45, 2.75) is 24.7 Å². The SMILES string of the molecule is CCN1CCC(CNc2ccc(S(C)(=O)=O)cc2)CC1. The van der Waals surface area contributed by atoms with E-state index in [4.69, 9.17) is 0 Å². The summed E-state index contributed by atoms with van der Waals surface area (Å²) < 4.78 is 22.8. The minimum atomic E-state index is -3.10. The molecule has 112 valence electrons. The lowest BCUT2D eigenvalue weighted by molar-refractivity contribution is 0.198. The fourth-order valence-corrected chi connectivity index (χ4v) is 3.22. The summed E-state index contributed by atoms with van der Waals surface area (Å²) in [4.78, 5) is 2.86. The molecule has 1 saturated heterocycles. The average molecular weight is 296 g/mol. The number of hydrogen-bond acceptors (Lipinski definition) is 4. The topological polar surface area (TPSA) is 49.4 Å². The summed E-state index contributed by atoms with van der Waals surface area (Å²) in [6.45, 7) is 6.70. The summed E-state index contributed by atoms with van der Waals surface area (Å²) in [5.74, 6) is 0.715. The lowest BCUT2D eigenvalue weighted by atomic mass is 9.97. The van der Waals surface area contributed by atoms with E-state index in [-0.39, 0.29) is 0 Å². The molecule has 0 bridgehead atoms. The van der Waals surface area contributed by atoms with Gasteiger partial charge in [-0.05, 0) is 62.7 Å². The van der Waals surface area contributed by atoms with Gasteiger partial charge >= 0.3 is 0 Å². The number of nitrogens with one attached hydrogen (secondary N) is 1. The first-order chi connectivity index (χ1) is 9.49. The molecule has 0 saturated carbocycles. The van der Waals surface area contributed by atoms with Gasteiger partial charge in [0, 0.05) is 18.5 Å². The Morgan fingerprint density at radius 3 is 2.30 bits per heavy atom. The van der Waals surface area contributed by atoms with Crippen molar-refractivity contribution >= 4 is 15.5 Å². The monoisotopic (exact) mass is 296 g/mol. The molecule has 20 heavy (non-hydrogen) atoms. The summed E-state index contributed by atoms with van der Waals surface area (Å²) in [6.07, 6.45) is 3.71. The first-order valence-corrected chi connectivity index (χ1v) is 9.14. The van der Waals surface area contributed by atoms with Crippen LogP contribution in [-0.2, 0) is 9.84 Å². The zero-order valence-corrected chi connectivity index (χ0v) is 13.1. The Bertz CT molecular complexity index is 517. The van der Waals surface area contributed by atoms with Gasteiger partial charge in [-0.3, -0.25) is 0 Å². The summed E-state index contributed by atoms with van der Waals surface area (Å²) in [5, 5.41) is 3.41. The van der Waals surface area contributed by atoms with E-state index in [1.54, 1.807) is 12.1 Å². The number of sulfone groups is 1. The second-order valence-electron chi connectivity index (χ2n) is 5.56. The maximum Gasteiger partial charge on any atom is 0.175 e. The lowest BCUT2D eigenvalue weighted by Gasteiger charge is -2.31. The van der Waals surface area contributed by atoms with E-state index in [9.17, 15) is 8.42 Å². The quantitative estimate of drug-likeness (QED) is 0.905. The summed E-state index contributed by atoms with van der Waals surface area (Å²) in [5.41, 5.74) is 0.996. The zero-order chi connectivity index (χ0) is 14.6. The molecule has 1 fully saturated rings. The van der Waals surface area contributed by atoms with Crippen molar-refractivity contribution in [1.29, 1.82) is 0 Å². The van der Waals surface area contributed by atoms with Crippen molar-refractivity contribution in [2.24, 2.45) is 5.92 Å². The van der Waals surface area contributed by atoms with Crippen LogP contribution in [0, 0.1) is 5.92 Å². The van der Waals surface area contributed by atoms with E-state index in [2.05, 4.69) is 17.1 Å². The highest BCUT2D eigenvalue weighted by Gasteiger charge is 2.17. The average Bonchev–Trinajstić information content (AvgIpc) is 2.45. The Morgan fingerprint density at radius 2 is 1.80 bits per heavy atom. The zero-order valence-electron chi connectivity index (χ0n) is 12.3. The molecule has 0 spiro atoms. The molecule has 1 aliphatic rings. The van der Waals surface area contributed by atoms with Crippen LogP contribution >= 0.6 is 0 Å². The third-order valence-electron chi connectivity index (χ3n) is 4.03. The predicted octanol–water partition coefficient (Wildman–Crippen LogP) is 2.23. The van der Waals surface area contributed by atoms with Gasteiger partial charge in [0.15, 0.2) is 9.84 Å². The maximum absolute atomic E-state index is 11.4. The summed E-state index contributed by atoms with van der Waals surface area (Å²) >= 11 is 0. The number of anilines is 1. The van der Waals surface area contributed by atoms with Crippen LogP contribution in [0.15, 0.2) is 29.2 Å². The van der Waals surface area contributed by atoms with Crippen LogP contribution in [0.5, 0.6) is 0 Å². The Kier molecular flexibility index (Phi) is 5.05. The molecule has 0 amide bonds. The smallest absolute Gasteiger partial charge is 0.175 e. The Morgan fingerprint density at radius 1 is 1.20 bits per heavy atom. The van der Waals surface area contributed by atoms with Gasteiger partial charge in [-0.2, -0.15) is 0 Å². The van der Waals surface area contributed by atoms with Crippen LogP contribution in [0.4, 0.5) is 5.69 Å². The molecule has 4 nitrogen and oxygen atoms in total. The lowest BCUT2D eigenvalue weighted by Crippen LogP contribution is -2.35. The maximum atomic E-state index is 11.4. The third-order valence-corrected chi connectivity index (χ3v) is 5.16. The van der Waals surface area contributed by atoms with E-state index in [0.29, 0.717) is 10.8 Å². The van der Waals surface area contributed by atoms with Gasteiger partial charge in [-0.15, -0.1) is 0 Å². The molecule has 1 heterocycles. The normalized spacial score (nSPS) is 18.1. The minimum absolute atomic E-state index is 0.374. The van der Waals surface area contributed by atoms with E-state index < -0.39 is 9.84 Å².